The normalized spacial score (nSPS) is 35.4. The molecule has 38 valence electrons. The summed E-state index contributed by atoms with van der Waals surface area (Å²) in [6, 6.07) is 0.917. The van der Waals surface area contributed by atoms with Crippen LogP contribution in [0, 0.1) is 0 Å². The summed E-state index contributed by atoms with van der Waals surface area (Å²) in [6.45, 7) is 1.31. The monoisotopic (exact) mass is 95.1 g/mol. The molecular formula is C6H9N. The first-order chi connectivity index (χ1) is 3.47. The van der Waals surface area contributed by atoms with Crippen molar-refractivity contribution in [1.29, 1.82) is 0 Å². The van der Waals surface area contributed by atoms with Crippen LogP contribution in [0.5, 0.6) is 0 Å². The Hall–Kier alpha value is -0.460. The van der Waals surface area contributed by atoms with Gasteiger partial charge >= 0.3 is 0 Å². The average Bonchev–Trinajstić information content (AvgIpc) is 1.85. The van der Waals surface area contributed by atoms with Gasteiger partial charge in [-0.1, -0.05) is 6.08 Å². The highest BCUT2D eigenvalue weighted by Gasteiger charge is 2.26. The fourth-order valence-electron chi connectivity index (χ4n) is 1.26. The molecule has 0 unspecified atom stereocenters. The molecule has 1 saturated heterocycles. The highest BCUT2D eigenvalue weighted by atomic mass is 15.2. The number of rotatable bonds is 0. The summed E-state index contributed by atoms with van der Waals surface area (Å²) < 4.78 is 0. The van der Waals surface area contributed by atoms with E-state index in [0.29, 0.717) is 0 Å². The van der Waals surface area contributed by atoms with E-state index in [1.54, 1.807) is 0 Å². The van der Waals surface area contributed by atoms with E-state index in [1.165, 1.54) is 19.4 Å². The van der Waals surface area contributed by atoms with E-state index in [0.717, 1.165) is 6.04 Å². The lowest BCUT2D eigenvalue weighted by Crippen LogP contribution is -2.40. The lowest BCUT2D eigenvalue weighted by atomic mass is 10.1. The van der Waals surface area contributed by atoms with Crippen molar-refractivity contribution in [1.82, 2.24) is 4.90 Å². The third-order valence-electron chi connectivity index (χ3n) is 1.89. The van der Waals surface area contributed by atoms with Gasteiger partial charge in [0.05, 0.1) is 0 Å². The van der Waals surface area contributed by atoms with Crippen LogP contribution in [-0.2, 0) is 0 Å². The summed E-state index contributed by atoms with van der Waals surface area (Å²) >= 11 is 0. The Labute approximate surface area is 43.6 Å². The van der Waals surface area contributed by atoms with Gasteiger partial charge in [0.1, 0.15) is 0 Å². The summed E-state index contributed by atoms with van der Waals surface area (Å²) in [6.07, 6.45) is 7.21. The molecule has 0 spiro atoms. The summed E-state index contributed by atoms with van der Waals surface area (Å²) in [5.41, 5.74) is 0. The molecule has 1 fully saturated rings. The van der Waals surface area contributed by atoms with Crippen LogP contribution in [0.4, 0.5) is 0 Å². The van der Waals surface area contributed by atoms with Gasteiger partial charge in [-0.15, -0.1) is 0 Å². The second-order valence-corrected chi connectivity index (χ2v) is 2.30. The Morgan fingerprint density at radius 3 is 2.86 bits per heavy atom. The van der Waals surface area contributed by atoms with Crippen LogP contribution in [0.1, 0.15) is 12.8 Å². The zero-order valence-corrected chi connectivity index (χ0v) is 4.30. The van der Waals surface area contributed by atoms with Gasteiger partial charge < -0.3 is 4.90 Å². The van der Waals surface area contributed by atoms with Crippen molar-refractivity contribution in [2.75, 3.05) is 6.54 Å². The van der Waals surface area contributed by atoms with Gasteiger partial charge in [-0.25, -0.2) is 0 Å². The van der Waals surface area contributed by atoms with Crippen molar-refractivity contribution in [2.24, 2.45) is 0 Å². The second-order valence-electron chi connectivity index (χ2n) is 2.30. The van der Waals surface area contributed by atoms with Crippen molar-refractivity contribution in [2.45, 2.75) is 18.9 Å². The molecule has 2 heterocycles. The first-order valence-electron chi connectivity index (χ1n) is 2.89. The molecule has 7 heavy (non-hydrogen) atoms. The first-order valence-corrected chi connectivity index (χ1v) is 2.89. The van der Waals surface area contributed by atoms with E-state index in [4.69, 9.17) is 0 Å². The van der Waals surface area contributed by atoms with Gasteiger partial charge in [0, 0.05) is 12.6 Å². The van der Waals surface area contributed by atoms with Gasteiger partial charge in [-0.3, -0.25) is 0 Å². The molecule has 0 saturated carbocycles. The zero-order valence-electron chi connectivity index (χ0n) is 4.30. The molecule has 0 N–H and O–H groups in total. The van der Waals surface area contributed by atoms with Crippen LogP contribution >= 0.6 is 0 Å². The molecule has 0 aromatic heterocycles. The number of hydrogen-bond donors (Lipinski definition) is 0. The Morgan fingerprint density at radius 1 is 1.57 bits per heavy atom. The molecule has 2 rings (SSSR count). The van der Waals surface area contributed by atoms with Crippen molar-refractivity contribution in [3.8, 4) is 0 Å². The maximum Gasteiger partial charge on any atom is 0.0336 e. The van der Waals surface area contributed by atoms with Crippen LogP contribution in [0.25, 0.3) is 0 Å². The molecule has 0 aromatic carbocycles. The van der Waals surface area contributed by atoms with E-state index in [1.807, 2.05) is 0 Å². The number of hydrogen-bond acceptors (Lipinski definition) is 1. The highest BCUT2D eigenvalue weighted by Crippen LogP contribution is 2.25. The third kappa shape index (κ3) is 0.328. The van der Waals surface area contributed by atoms with Crippen molar-refractivity contribution in [3.63, 3.8) is 0 Å². The summed E-state index contributed by atoms with van der Waals surface area (Å²) in [7, 11) is 0. The van der Waals surface area contributed by atoms with Gasteiger partial charge in [-0.05, 0) is 19.0 Å². The topological polar surface area (TPSA) is 3.24 Å². The molecule has 2 aliphatic rings. The molecular weight excluding hydrogens is 86.1 g/mol. The Bertz CT molecular complexity index is 107. The zero-order chi connectivity index (χ0) is 4.69. The summed E-state index contributed by atoms with van der Waals surface area (Å²) in [5, 5.41) is 0. The third-order valence-corrected chi connectivity index (χ3v) is 1.89. The van der Waals surface area contributed by atoms with Crippen molar-refractivity contribution < 1.29 is 0 Å². The van der Waals surface area contributed by atoms with Crippen LogP contribution in [-0.4, -0.2) is 17.5 Å². The van der Waals surface area contributed by atoms with Crippen molar-refractivity contribution in [3.05, 3.63) is 12.3 Å². The SMILES string of the molecule is C1=CN2CC[C@H]2C1. The molecule has 0 amide bonds. The van der Waals surface area contributed by atoms with E-state index < -0.39 is 0 Å². The minimum absolute atomic E-state index is 0.917. The largest absolute Gasteiger partial charge is 0.374 e. The van der Waals surface area contributed by atoms with E-state index in [-0.39, 0.29) is 0 Å². The first kappa shape index (κ1) is 3.53. The molecule has 0 aromatic rings. The standard InChI is InChI=1S/C6H9N/c1-2-6-3-5-7(6)4-1/h1,4,6H,2-3,5H2/t6-/m1/s1. The van der Waals surface area contributed by atoms with Gasteiger partial charge in [0.2, 0.25) is 0 Å². The summed E-state index contributed by atoms with van der Waals surface area (Å²) in [4.78, 5) is 2.40. The molecule has 1 nitrogen and oxygen atoms in total. The maximum absolute atomic E-state index is 2.40. The molecule has 0 aliphatic carbocycles. The van der Waals surface area contributed by atoms with Crippen molar-refractivity contribution >= 4 is 0 Å². The quantitative estimate of drug-likeness (QED) is 0.433. The molecule has 0 bridgehead atoms. The predicted octanol–water partition coefficient (Wildman–Crippen LogP) is 0.978. The average molecular weight is 95.1 g/mol. The smallest absolute Gasteiger partial charge is 0.0336 e. The van der Waals surface area contributed by atoms with E-state index in [2.05, 4.69) is 17.2 Å². The van der Waals surface area contributed by atoms with E-state index in [9.17, 15) is 0 Å². The van der Waals surface area contributed by atoms with Crippen LogP contribution < -0.4 is 0 Å². The molecule has 0 radical (unpaired) electrons. The fourth-order valence-corrected chi connectivity index (χ4v) is 1.26. The highest BCUT2D eigenvalue weighted by molar-refractivity contribution is 5.03. The Kier molecular flexibility index (Phi) is 0.518. The van der Waals surface area contributed by atoms with Crippen LogP contribution in [0.2, 0.25) is 0 Å². The number of nitrogens with zero attached hydrogens (tertiary/aromatic N) is 1. The Morgan fingerprint density at radius 2 is 2.57 bits per heavy atom. The van der Waals surface area contributed by atoms with Gasteiger partial charge in [0.25, 0.3) is 0 Å². The summed E-state index contributed by atoms with van der Waals surface area (Å²) in [5.74, 6) is 0. The number of fused-ring (bicyclic) bond motifs is 1. The molecule has 1 atom stereocenters. The van der Waals surface area contributed by atoms with Gasteiger partial charge in [0.15, 0.2) is 0 Å². The minimum Gasteiger partial charge on any atom is -0.374 e. The fraction of sp³-hybridized carbons (Fsp3) is 0.667. The molecule has 1 heteroatoms. The molecule has 2 aliphatic heterocycles. The van der Waals surface area contributed by atoms with E-state index >= 15 is 0 Å². The lowest BCUT2D eigenvalue weighted by molar-refractivity contribution is 0.177. The van der Waals surface area contributed by atoms with Gasteiger partial charge in [-0.2, -0.15) is 0 Å². The lowest BCUT2D eigenvalue weighted by Gasteiger charge is -2.35. The van der Waals surface area contributed by atoms with Crippen LogP contribution in [0.3, 0.4) is 0 Å². The maximum atomic E-state index is 2.40. The second kappa shape index (κ2) is 1.03. The minimum atomic E-state index is 0.917. The predicted molar refractivity (Wildman–Crippen MR) is 28.9 cm³/mol. The Balaban J connectivity index is 2.14. The van der Waals surface area contributed by atoms with Crippen LogP contribution in [0.15, 0.2) is 12.3 Å².